The van der Waals surface area contributed by atoms with Gasteiger partial charge in [-0.15, -0.1) is 11.6 Å². The molecule has 0 aliphatic carbocycles. The van der Waals surface area contributed by atoms with Gasteiger partial charge in [0, 0.05) is 12.0 Å². The highest BCUT2D eigenvalue weighted by Crippen LogP contribution is 2.37. The molecule has 26 heavy (non-hydrogen) atoms. The highest BCUT2D eigenvalue weighted by atomic mass is 35.5. The predicted octanol–water partition coefficient (Wildman–Crippen LogP) is 3.23. The number of likely N-dealkylation sites (tertiary alicyclic amines) is 1. The minimum Gasteiger partial charge on any atom is -0.480 e. The van der Waals surface area contributed by atoms with Gasteiger partial charge in [-0.25, -0.2) is 9.59 Å². The molecule has 2 N–H and O–H groups in total. The Balaban J connectivity index is 2.16. The van der Waals surface area contributed by atoms with Crippen LogP contribution in [0.5, 0.6) is 5.75 Å². The van der Waals surface area contributed by atoms with E-state index >= 15 is 0 Å². The van der Waals surface area contributed by atoms with Crippen molar-refractivity contribution in [3.63, 3.8) is 0 Å². The van der Waals surface area contributed by atoms with Gasteiger partial charge in [0.05, 0.1) is 5.88 Å². The normalized spacial score (nSPS) is 22.3. The first kappa shape index (κ1) is 20.5. The van der Waals surface area contributed by atoms with Crippen molar-refractivity contribution in [2.75, 3.05) is 26.0 Å². The number of hydrogen-bond donors (Lipinski definition) is 2. The van der Waals surface area contributed by atoms with E-state index in [-0.39, 0.29) is 11.3 Å². The Morgan fingerprint density at radius 3 is 2.85 bits per heavy atom. The Morgan fingerprint density at radius 2 is 2.19 bits per heavy atom. The fourth-order valence-corrected chi connectivity index (χ4v) is 3.79. The van der Waals surface area contributed by atoms with Crippen LogP contribution >= 0.6 is 11.6 Å². The Kier molecular flexibility index (Phi) is 7.29. The predicted molar refractivity (Wildman–Crippen MR) is 101 cm³/mol. The number of hydrogen-bond acceptors (Lipinski definition) is 4. The van der Waals surface area contributed by atoms with Crippen LogP contribution in [0.1, 0.15) is 38.2 Å². The SMILES string of the molecule is CCC1(c2cccc(OC(=O)N[C@@H](CCl)C(=O)O)c2)CCCCN(C)C1. The Morgan fingerprint density at radius 1 is 1.42 bits per heavy atom. The molecule has 1 unspecified atom stereocenters. The van der Waals surface area contributed by atoms with Gasteiger partial charge in [0.15, 0.2) is 0 Å². The van der Waals surface area contributed by atoms with E-state index in [0.717, 1.165) is 31.5 Å². The van der Waals surface area contributed by atoms with Crippen LogP contribution in [0.2, 0.25) is 0 Å². The third-order valence-corrected chi connectivity index (χ3v) is 5.40. The Bertz CT molecular complexity index is 640. The molecule has 7 heteroatoms. The van der Waals surface area contributed by atoms with E-state index in [1.54, 1.807) is 6.07 Å². The summed E-state index contributed by atoms with van der Waals surface area (Å²) in [4.78, 5) is 25.3. The first-order valence-electron chi connectivity index (χ1n) is 8.96. The highest BCUT2D eigenvalue weighted by Gasteiger charge is 2.33. The molecular weight excluding hydrogens is 356 g/mol. The second-order valence-electron chi connectivity index (χ2n) is 6.94. The molecule has 2 rings (SSSR count). The minimum absolute atomic E-state index is 0.0286. The molecule has 1 saturated heterocycles. The number of halogens is 1. The van der Waals surface area contributed by atoms with Gasteiger partial charge < -0.3 is 20.1 Å². The van der Waals surface area contributed by atoms with Crippen molar-refractivity contribution >= 4 is 23.7 Å². The lowest BCUT2D eigenvalue weighted by atomic mass is 9.74. The zero-order chi connectivity index (χ0) is 19.2. The number of carbonyl (C=O) groups excluding carboxylic acids is 1. The minimum atomic E-state index is -1.20. The topological polar surface area (TPSA) is 78.9 Å². The molecule has 1 amide bonds. The maximum absolute atomic E-state index is 12.0. The maximum atomic E-state index is 12.0. The second kappa shape index (κ2) is 9.24. The Hall–Kier alpha value is -1.79. The quantitative estimate of drug-likeness (QED) is 0.738. The summed E-state index contributed by atoms with van der Waals surface area (Å²) in [6.45, 7) is 4.25. The van der Waals surface area contributed by atoms with E-state index in [9.17, 15) is 9.59 Å². The van der Waals surface area contributed by atoms with E-state index in [1.165, 1.54) is 12.8 Å². The van der Waals surface area contributed by atoms with E-state index in [0.29, 0.717) is 5.75 Å². The van der Waals surface area contributed by atoms with Crippen molar-refractivity contribution in [3.8, 4) is 5.75 Å². The molecule has 0 aromatic heterocycles. The van der Waals surface area contributed by atoms with Crippen molar-refractivity contribution in [2.24, 2.45) is 0 Å². The van der Waals surface area contributed by atoms with Crippen molar-refractivity contribution < 1.29 is 19.4 Å². The van der Waals surface area contributed by atoms with Gasteiger partial charge in [0.2, 0.25) is 0 Å². The van der Waals surface area contributed by atoms with E-state index in [2.05, 4.69) is 30.3 Å². The molecule has 0 spiro atoms. The molecule has 0 radical (unpaired) electrons. The van der Waals surface area contributed by atoms with Gasteiger partial charge in [-0.2, -0.15) is 0 Å². The summed E-state index contributed by atoms with van der Waals surface area (Å²) in [5.74, 6) is -1.02. The number of amides is 1. The number of rotatable bonds is 6. The largest absolute Gasteiger partial charge is 0.480 e. The molecule has 1 aliphatic heterocycles. The number of benzene rings is 1. The van der Waals surface area contributed by atoms with Crippen molar-refractivity contribution in [3.05, 3.63) is 29.8 Å². The van der Waals surface area contributed by atoms with Gasteiger partial charge in [0.1, 0.15) is 11.8 Å². The fourth-order valence-electron chi connectivity index (χ4n) is 3.58. The van der Waals surface area contributed by atoms with Crippen LogP contribution in [-0.2, 0) is 10.2 Å². The van der Waals surface area contributed by atoms with E-state index < -0.39 is 18.1 Å². The fraction of sp³-hybridized carbons (Fsp3) is 0.579. The smallest absolute Gasteiger partial charge is 0.413 e. The summed E-state index contributed by atoms with van der Waals surface area (Å²) in [7, 11) is 2.14. The third-order valence-electron chi connectivity index (χ3n) is 5.10. The van der Waals surface area contributed by atoms with Crippen molar-refractivity contribution in [1.82, 2.24) is 10.2 Å². The van der Waals surface area contributed by atoms with Crippen LogP contribution in [-0.4, -0.2) is 54.1 Å². The second-order valence-corrected chi connectivity index (χ2v) is 7.24. The molecule has 0 bridgehead atoms. The van der Waals surface area contributed by atoms with Crippen LogP contribution in [0.25, 0.3) is 0 Å². The van der Waals surface area contributed by atoms with Gasteiger partial charge in [-0.1, -0.05) is 25.5 Å². The molecule has 1 aromatic rings. The number of ether oxygens (including phenoxy) is 1. The van der Waals surface area contributed by atoms with E-state index in [4.69, 9.17) is 21.4 Å². The molecular formula is C19H27ClN2O4. The molecule has 0 saturated carbocycles. The number of likely N-dealkylation sites (N-methyl/N-ethyl adjacent to an activating group) is 1. The van der Waals surface area contributed by atoms with Crippen LogP contribution in [0.15, 0.2) is 24.3 Å². The van der Waals surface area contributed by atoms with Gasteiger partial charge in [-0.05, 0) is 50.6 Å². The first-order valence-corrected chi connectivity index (χ1v) is 9.50. The van der Waals surface area contributed by atoms with Crippen molar-refractivity contribution in [2.45, 2.75) is 44.1 Å². The molecule has 2 atom stereocenters. The molecule has 6 nitrogen and oxygen atoms in total. The number of aliphatic carboxylic acids is 1. The number of nitrogens with zero attached hydrogens (tertiary/aromatic N) is 1. The molecule has 1 fully saturated rings. The summed E-state index contributed by atoms with van der Waals surface area (Å²) >= 11 is 5.55. The average molecular weight is 383 g/mol. The zero-order valence-electron chi connectivity index (χ0n) is 15.3. The number of carbonyl (C=O) groups is 2. The summed E-state index contributed by atoms with van der Waals surface area (Å²) in [6, 6.07) is 6.36. The third kappa shape index (κ3) is 5.11. The van der Waals surface area contributed by atoms with Crippen LogP contribution in [0.4, 0.5) is 4.79 Å². The van der Waals surface area contributed by atoms with Gasteiger partial charge >= 0.3 is 12.1 Å². The molecule has 1 aliphatic rings. The Labute approximate surface area is 159 Å². The number of alkyl halides is 1. The summed E-state index contributed by atoms with van der Waals surface area (Å²) < 4.78 is 5.29. The zero-order valence-corrected chi connectivity index (χ0v) is 16.1. The van der Waals surface area contributed by atoms with E-state index in [1.807, 2.05) is 12.1 Å². The summed E-state index contributed by atoms with van der Waals surface area (Å²) in [5, 5.41) is 11.2. The lowest BCUT2D eigenvalue weighted by molar-refractivity contribution is -0.138. The van der Waals surface area contributed by atoms with Crippen molar-refractivity contribution in [1.29, 1.82) is 0 Å². The summed E-state index contributed by atoms with van der Waals surface area (Å²) in [6.07, 6.45) is 3.63. The number of nitrogens with one attached hydrogen (secondary N) is 1. The van der Waals surface area contributed by atoms with Crippen LogP contribution < -0.4 is 10.1 Å². The lowest BCUT2D eigenvalue weighted by Gasteiger charge is -2.35. The first-order chi connectivity index (χ1) is 12.4. The molecule has 144 valence electrons. The van der Waals surface area contributed by atoms with Gasteiger partial charge in [0.25, 0.3) is 0 Å². The average Bonchev–Trinajstić information content (AvgIpc) is 2.81. The van der Waals surface area contributed by atoms with Gasteiger partial charge in [-0.3, -0.25) is 0 Å². The van der Waals surface area contributed by atoms with Crippen LogP contribution in [0.3, 0.4) is 0 Å². The molecule has 1 aromatic carbocycles. The summed E-state index contributed by atoms with van der Waals surface area (Å²) in [5.41, 5.74) is 1.17. The standard InChI is InChI=1S/C19H27ClN2O4/c1-3-19(9-4-5-10-22(2)13-19)14-7-6-8-15(11-14)26-18(25)21-16(12-20)17(23)24/h6-8,11,16H,3-5,9-10,12-13H2,1-2H3,(H,21,25)(H,23,24)/t16-,19?/m0/s1. The molecule has 1 heterocycles. The monoisotopic (exact) mass is 382 g/mol. The number of carboxylic acid groups (broad SMARTS) is 1. The van der Waals surface area contributed by atoms with Crippen LogP contribution in [0, 0.1) is 0 Å². The highest BCUT2D eigenvalue weighted by molar-refractivity contribution is 6.19. The number of carboxylic acids is 1. The lowest BCUT2D eigenvalue weighted by Crippen LogP contribution is -2.43. The maximum Gasteiger partial charge on any atom is 0.413 e.